The van der Waals surface area contributed by atoms with Crippen molar-refractivity contribution in [3.8, 4) is 11.5 Å². The van der Waals surface area contributed by atoms with Crippen LogP contribution in [0.2, 0.25) is 10.0 Å². The van der Waals surface area contributed by atoms with Gasteiger partial charge < -0.3 is 10.2 Å². The molecule has 0 amide bonds. The van der Waals surface area contributed by atoms with E-state index < -0.39 is 17.5 Å². The lowest BCUT2D eigenvalue weighted by Crippen LogP contribution is -2.04. The van der Waals surface area contributed by atoms with Gasteiger partial charge in [-0.25, -0.2) is 0 Å². The molecule has 0 saturated carbocycles. The Kier molecular flexibility index (Phi) is 7.55. The number of rotatable bonds is 0. The zero-order valence-corrected chi connectivity index (χ0v) is 17.2. The average Bonchev–Trinajstić information content (AvgIpc) is 2.41. The number of halogens is 7. The molecule has 0 aliphatic heterocycles. The third-order valence-corrected chi connectivity index (χ3v) is 5.91. The molecule has 0 aliphatic carbocycles. The lowest BCUT2D eigenvalue weighted by Gasteiger charge is -2.08. The first-order chi connectivity index (χ1) is 10.4. The Labute approximate surface area is 167 Å². The van der Waals surface area contributed by atoms with Gasteiger partial charge in [0, 0.05) is 5.02 Å². The molecule has 0 aromatic heterocycles. The highest BCUT2D eigenvalue weighted by Gasteiger charge is 2.31. The standard InChI is InChI=1S/C7H3ClF3IO.C7H6ClIO/c8-4-1-3(7(9,10)11)2-5(13)6(4)12;1-4-2-5(8)3-6(10)7(4)9/h1-2,13H;2-3,10H,1H3. The minimum atomic E-state index is -4.48. The Morgan fingerprint density at radius 3 is 1.87 bits per heavy atom. The molecule has 2 aromatic carbocycles. The maximum Gasteiger partial charge on any atom is 0.416 e. The predicted octanol–water partition coefficient (Wildman–Crippen LogP) is 6.63. The van der Waals surface area contributed by atoms with Gasteiger partial charge in [-0.15, -0.1) is 0 Å². The van der Waals surface area contributed by atoms with Crippen molar-refractivity contribution in [2.24, 2.45) is 0 Å². The predicted molar refractivity (Wildman–Crippen MR) is 101 cm³/mol. The molecule has 0 bridgehead atoms. The van der Waals surface area contributed by atoms with Gasteiger partial charge in [0.15, 0.2) is 0 Å². The molecule has 0 unspecified atom stereocenters. The van der Waals surface area contributed by atoms with E-state index in [2.05, 4.69) is 22.6 Å². The third kappa shape index (κ3) is 6.02. The van der Waals surface area contributed by atoms with E-state index in [0.717, 1.165) is 15.2 Å². The first-order valence-electron chi connectivity index (χ1n) is 5.83. The van der Waals surface area contributed by atoms with Crippen LogP contribution in [0.15, 0.2) is 24.3 Å². The van der Waals surface area contributed by atoms with Crippen molar-refractivity contribution in [3.05, 3.63) is 52.6 Å². The summed E-state index contributed by atoms with van der Waals surface area (Å²) in [5, 5.41) is 18.7. The normalized spacial score (nSPS) is 11.0. The minimum Gasteiger partial charge on any atom is -0.507 e. The van der Waals surface area contributed by atoms with Gasteiger partial charge in [0.05, 0.1) is 17.7 Å². The number of phenolic OH excluding ortho intramolecular Hbond substituents is 2. The fourth-order valence-corrected chi connectivity index (χ4v) is 2.55. The number of benzene rings is 2. The van der Waals surface area contributed by atoms with Crippen molar-refractivity contribution in [1.82, 2.24) is 0 Å². The molecule has 2 aromatic rings. The van der Waals surface area contributed by atoms with Crippen LogP contribution in [-0.2, 0) is 6.18 Å². The van der Waals surface area contributed by atoms with Crippen LogP contribution in [0.5, 0.6) is 11.5 Å². The van der Waals surface area contributed by atoms with Gasteiger partial charge in [0.2, 0.25) is 0 Å². The van der Waals surface area contributed by atoms with Crippen LogP contribution in [0, 0.1) is 14.1 Å². The molecule has 0 radical (unpaired) electrons. The van der Waals surface area contributed by atoms with E-state index in [9.17, 15) is 18.3 Å². The van der Waals surface area contributed by atoms with Crippen LogP contribution in [0.1, 0.15) is 11.1 Å². The summed E-state index contributed by atoms with van der Waals surface area (Å²) in [5.41, 5.74) is 0.0565. The Hall–Kier alpha value is -0.130. The summed E-state index contributed by atoms with van der Waals surface area (Å²) in [7, 11) is 0. The average molecular weight is 591 g/mol. The van der Waals surface area contributed by atoms with Crippen molar-refractivity contribution in [1.29, 1.82) is 0 Å². The number of aryl methyl sites for hydroxylation is 1. The summed E-state index contributed by atoms with van der Waals surface area (Å²) in [5.74, 6) is -0.203. The summed E-state index contributed by atoms with van der Waals surface area (Å²) in [6.45, 7) is 1.91. The van der Waals surface area contributed by atoms with Crippen molar-refractivity contribution in [3.63, 3.8) is 0 Å². The lowest BCUT2D eigenvalue weighted by molar-refractivity contribution is -0.137. The number of hydrogen-bond acceptors (Lipinski definition) is 2. The quantitative estimate of drug-likeness (QED) is 0.338. The van der Waals surface area contributed by atoms with E-state index in [1.165, 1.54) is 6.07 Å². The summed E-state index contributed by atoms with van der Waals surface area (Å²) in [6, 6.07) is 4.79. The second-order valence-corrected chi connectivity index (χ2v) is 7.35. The molecule has 2 N–H and O–H groups in total. The van der Waals surface area contributed by atoms with Crippen molar-refractivity contribution in [2.75, 3.05) is 0 Å². The summed E-state index contributed by atoms with van der Waals surface area (Å²) in [4.78, 5) is 0. The number of phenols is 2. The second-order valence-electron chi connectivity index (χ2n) is 4.34. The van der Waals surface area contributed by atoms with Gasteiger partial charge in [-0.3, -0.25) is 0 Å². The Morgan fingerprint density at radius 2 is 1.43 bits per heavy atom. The highest BCUT2D eigenvalue weighted by molar-refractivity contribution is 14.1. The molecule has 0 atom stereocenters. The Morgan fingerprint density at radius 1 is 0.913 bits per heavy atom. The third-order valence-electron chi connectivity index (χ3n) is 2.54. The van der Waals surface area contributed by atoms with Crippen molar-refractivity contribution >= 4 is 68.4 Å². The van der Waals surface area contributed by atoms with E-state index in [4.69, 9.17) is 28.3 Å². The molecular formula is C14H9Cl2F3I2O2. The second kappa shape index (κ2) is 8.30. The topological polar surface area (TPSA) is 40.5 Å². The van der Waals surface area contributed by atoms with Crippen molar-refractivity contribution in [2.45, 2.75) is 13.1 Å². The first-order valence-corrected chi connectivity index (χ1v) is 8.74. The molecule has 2 nitrogen and oxygen atoms in total. The number of alkyl halides is 3. The zero-order chi connectivity index (χ0) is 17.9. The van der Waals surface area contributed by atoms with Crippen LogP contribution in [0.3, 0.4) is 0 Å². The molecule has 2 rings (SSSR count). The van der Waals surface area contributed by atoms with E-state index in [-0.39, 0.29) is 14.3 Å². The zero-order valence-electron chi connectivity index (χ0n) is 11.3. The highest BCUT2D eigenvalue weighted by Crippen LogP contribution is 2.36. The maximum atomic E-state index is 12.1. The summed E-state index contributed by atoms with van der Waals surface area (Å²) < 4.78 is 37.4. The fourth-order valence-electron chi connectivity index (χ4n) is 1.45. The molecule has 9 heteroatoms. The van der Waals surface area contributed by atoms with Gasteiger partial charge in [-0.05, 0) is 81.9 Å². The fraction of sp³-hybridized carbons (Fsp3) is 0.143. The molecule has 0 heterocycles. The van der Waals surface area contributed by atoms with Crippen LogP contribution < -0.4 is 0 Å². The smallest absolute Gasteiger partial charge is 0.416 e. The van der Waals surface area contributed by atoms with Gasteiger partial charge >= 0.3 is 6.18 Å². The number of hydrogen-bond donors (Lipinski definition) is 2. The van der Waals surface area contributed by atoms with Crippen LogP contribution >= 0.6 is 68.4 Å². The number of aromatic hydroxyl groups is 2. The maximum absolute atomic E-state index is 12.1. The molecule has 0 aliphatic rings. The van der Waals surface area contributed by atoms with Crippen molar-refractivity contribution < 1.29 is 23.4 Å². The van der Waals surface area contributed by atoms with Gasteiger partial charge in [-0.1, -0.05) is 23.2 Å². The molecule has 23 heavy (non-hydrogen) atoms. The van der Waals surface area contributed by atoms with Crippen LogP contribution in [0.25, 0.3) is 0 Å². The van der Waals surface area contributed by atoms with E-state index in [1.54, 1.807) is 22.6 Å². The summed E-state index contributed by atoms with van der Waals surface area (Å²) >= 11 is 14.9. The van der Waals surface area contributed by atoms with Crippen LogP contribution in [0.4, 0.5) is 13.2 Å². The summed E-state index contributed by atoms with van der Waals surface area (Å²) in [6.07, 6.45) is -4.48. The molecule has 0 spiro atoms. The largest absolute Gasteiger partial charge is 0.507 e. The van der Waals surface area contributed by atoms with Gasteiger partial charge in [0.1, 0.15) is 11.5 Å². The van der Waals surface area contributed by atoms with Gasteiger partial charge in [-0.2, -0.15) is 13.2 Å². The van der Waals surface area contributed by atoms with E-state index in [0.29, 0.717) is 11.1 Å². The molecule has 0 fully saturated rings. The Bertz CT molecular complexity index is 676. The molecule has 126 valence electrons. The molecular weight excluding hydrogens is 582 g/mol. The SMILES string of the molecule is Cc1cc(Cl)cc(O)c1I.Oc1cc(C(F)(F)F)cc(Cl)c1I. The van der Waals surface area contributed by atoms with Gasteiger partial charge in [0.25, 0.3) is 0 Å². The monoisotopic (exact) mass is 590 g/mol. The highest BCUT2D eigenvalue weighted by atomic mass is 127. The van der Waals surface area contributed by atoms with E-state index in [1.807, 2.05) is 13.0 Å². The lowest BCUT2D eigenvalue weighted by atomic mass is 10.2. The molecule has 0 saturated heterocycles. The Balaban J connectivity index is 0.000000238. The first kappa shape index (κ1) is 20.9. The van der Waals surface area contributed by atoms with Crippen LogP contribution in [-0.4, -0.2) is 10.2 Å². The minimum absolute atomic E-state index is 0.104. The van der Waals surface area contributed by atoms with E-state index >= 15 is 0 Å².